The summed E-state index contributed by atoms with van der Waals surface area (Å²) in [7, 11) is 0. The van der Waals surface area contributed by atoms with E-state index < -0.39 is 22.0 Å². The van der Waals surface area contributed by atoms with Crippen molar-refractivity contribution in [2.24, 2.45) is 16.2 Å². The molecule has 2 bridgehead atoms. The van der Waals surface area contributed by atoms with Gasteiger partial charge in [0.05, 0.1) is 0 Å². The number of nitrogens with one attached hydrogen (secondary N) is 1. The maximum absolute atomic E-state index is 13.1. The number of carbonyl (C=O) groups excluding carboxylic acids is 3. The van der Waals surface area contributed by atoms with Gasteiger partial charge in [-0.05, 0) is 48.8 Å². The van der Waals surface area contributed by atoms with Gasteiger partial charge < -0.3 is 5.32 Å². The number of Topliss-reactive ketones (excluding diaryl/α,β-unsaturated/α-hetero) is 2. The molecule has 2 saturated carbocycles. The van der Waals surface area contributed by atoms with E-state index in [9.17, 15) is 14.4 Å². The second-order valence-corrected chi connectivity index (χ2v) is 8.28. The summed E-state index contributed by atoms with van der Waals surface area (Å²) in [6, 6.07) is 7.77. The van der Waals surface area contributed by atoms with Crippen molar-refractivity contribution in [3.05, 3.63) is 29.8 Å². The molecular weight excluding hydrogens is 314 g/mol. The summed E-state index contributed by atoms with van der Waals surface area (Å²) in [5.74, 6) is -1.23. The quantitative estimate of drug-likeness (QED) is 0.652. The smallest absolute Gasteiger partial charge is 0.239 e. The lowest BCUT2D eigenvalue weighted by atomic mass is 9.64. The van der Waals surface area contributed by atoms with E-state index in [1.54, 1.807) is 0 Å². The van der Waals surface area contributed by atoms with Crippen LogP contribution < -0.4 is 5.32 Å². The molecule has 2 atom stereocenters. The molecule has 0 aromatic heterocycles. The van der Waals surface area contributed by atoms with Crippen molar-refractivity contribution in [2.45, 2.75) is 59.8 Å². The number of hydrogen-bond acceptors (Lipinski definition) is 3. The fraction of sp³-hybridized carbons (Fsp3) is 0.571. The molecule has 2 fully saturated rings. The lowest BCUT2D eigenvalue weighted by molar-refractivity contribution is -0.147. The Morgan fingerprint density at radius 1 is 1.04 bits per heavy atom. The summed E-state index contributed by atoms with van der Waals surface area (Å²) >= 11 is 0. The maximum atomic E-state index is 13.1. The van der Waals surface area contributed by atoms with Gasteiger partial charge in [0, 0.05) is 11.1 Å². The zero-order valence-electron chi connectivity index (χ0n) is 15.6. The molecule has 25 heavy (non-hydrogen) atoms. The number of rotatable bonds is 5. The minimum atomic E-state index is -1.24. The molecule has 3 rings (SSSR count). The summed E-state index contributed by atoms with van der Waals surface area (Å²) in [6.45, 7) is 7.76. The van der Waals surface area contributed by atoms with Crippen LogP contribution in [0.4, 0.5) is 5.69 Å². The van der Waals surface area contributed by atoms with Crippen molar-refractivity contribution >= 4 is 23.2 Å². The predicted octanol–water partition coefficient (Wildman–Crippen LogP) is 3.93. The highest BCUT2D eigenvalue weighted by atomic mass is 16.2. The fourth-order valence-electron chi connectivity index (χ4n) is 4.65. The molecule has 2 unspecified atom stereocenters. The molecule has 0 spiro atoms. The van der Waals surface area contributed by atoms with Crippen LogP contribution in [0.5, 0.6) is 0 Å². The Kier molecular flexibility index (Phi) is 4.13. The zero-order chi connectivity index (χ0) is 18.5. The fourth-order valence-corrected chi connectivity index (χ4v) is 4.65. The van der Waals surface area contributed by atoms with Crippen molar-refractivity contribution in [2.75, 3.05) is 5.32 Å². The number of amides is 1. The molecule has 0 heterocycles. The van der Waals surface area contributed by atoms with Crippen LogP contribution in [0.3, 0.4) is 0 Å². The molecule has 0 radical (unpaired) electrons. The van der Waals surface area contributed by atoms with Crippen molar-refractivity contribution in [3.63, 3.8) is 0 Å². The molecule has 4 heteroatoms. The number of hydrogen-bond donors (Lipinski definition) is 1. The van der Waals surface area contributed by atoms with E-state index in [0.29, 0.717) is 18.5 Å². The van der Waals surface area contributed by atoms with Gasteiger partial charge in [-0.3, -0.25) is 14.4 Å². The van der Waals surface area contributed by atoms with Crippen LogP contribution in [-0.4, -0.2) is 17.5 Å². The summed E-state index contributed by atoms with van der Waals surface area (Å²) in [6.07, 6.45) is 4.34. The second kappa shape index (κ2) is 5.79. The molecule has 1 aromatic rings. The number of benzene rings is 1. The standard InChI is InChI=1S/C21H27NO3/c1-5-6-7-14-8-10-15(11-9-14)22-18(25)21-13-12-20(4,19(21,2)3)16(23)17(21)24/h8-11H,5-7,12-13H2,1-4H3,(H,22,25). The predicted molar refractivity (Wildman–Crippen MR) is 97.3 cm³/mol. The molecule has 0 saturated heterocycles. The zero-order valence-corrected chi connectivity index (χ0v) is 15.6. The Bertz CT molecular complexity index is 734. The van der Waals surface area contributed by atoms with Crippen molar-refractivity contribution in [1.29, 1.82) is 0 Å². The first-order chi connectivity index (χ1) is 11.7. The first kappa shape index (κ1) is 17.8. The number of aryl methyl sites for hydroxylation is 1. The molecule has 1 aromatic carbocycles. The van der Waals surface area contributed by atoms with E-state index in [4.69, 9.17) is 0 Å². The van der Waals surface area contributed by atoms with Crippen LogP contribution in [-0.2, 0) is 20.8 Å². The number of unbranched alkanes of at least 4 members (excludes halogenated alkanes) is 1. The first-order valence-corrected chi connectivity index (χ1v) is 9.20. The van der Waals surface area contributed by atoms with Crippen LogP contribution >= 0.6 is 0 Å². The van der Waals surface area contributed by atoms with E-state index in [1.807, 2.05) is 45.0 Å². The van der Waals surface area contributed by atoms with Gasteiger partial charge in [0.2, 0.25) is 17.5 Å². The van der Waals surface area contributed by atoms with Gasteiger partial charge in [-0.2, -0.15) is 0 Å². The second-order valence-electron chi connectivity index (χ2n) is 8.28. The van der Waals surface area contributed by atoms with Gasteiger partial charge in [-0.1, -0.05) is 46.2 Å². The number of carbonyl (C=O) groups is 3. The lowest BCUT2D eigenvalue weighted by Gasteiger charge is -2.37. The molecule has 134 valence electrons. The first-order valence-electron chi connectivity index (χ1n) is 9.20. The third kappa shape index (κ3) is 2.22. The molecule has 1 amide bonds. The Morgan fingerprint density at radius 2 is 1.68 bits per heavy atom. The van der Waals surface area contributed by atoms with E-state index in [0.717, 1.165) is 19.3 Å². The van der Waals surface area contributed by atoms with Gasteiger partial charge in [0.1, 0.15) is 5.41 Å². The maximum Gasteiger partial charge on any atom is 0.239 e. The third-order valence-corrected chi connectivity index (χ3v) is 6.96. The molecule has 2 aliphatic rings. The summed E-state index contributed by atoms with van der Waals surface area (Å²) in [5, 5.41) is 2.90. The number of fused-ring (bicyclic) bond motifs is 2. The van der Waals surface area contributed by atoms with E-state index in [-0.39, 0.29) is 11.7 Å². The number of ketones is 2. The average Bonchev–Trinajstić information content (AvgIpc) is 2.86. The molecule has 1 N–H and O–H groups in total. The SMILES string of the molecule is CCCCc1ccc(NC(=O)C23CCC(C)(C(=O)C2=O)C3(C)C)cc1. The van der Waals surface area contributed by atoms with Crippen LogP contribution in [0.2, 0.25) is 0 Å². The molecule has 2 aliphatic carbocycles. The van der Waals surface area contributed by atoms with Gasteiger partial charge in [0.15, 0.2) is 0 Å². The highest BCUT2D eigenvalue weighted by molar-refractivity contribution is 6.49. The average molecular weight is 341 g/mol. The van der Waals surface area contributed by atoms with E-state index in [2.05, 4.69) is 12.2 Å². The topological polar surface area (TPSA) is 63.2 Å². The van der Waals surface area contributed by atoms with E-state index >= 15 is 0 Å². The highest BCUT2D eigenvalue weighted by Crippen LogP contribution is 2.69. The van der Waals surface area contributed by atoms with Crippen molar-refractivity contribution < 1.29 is 14.4 Å². The monoisotopic (exact) mass is 341 g/mol. The summed E-state index contributed by atoms with van der Waals surface area (Å²) < 4.78 is 0. The van der Waals surface area contributed by atoms with Crippen LogP contribution in [0.15, 0.2) is 24.3 Å². The highest BCUT2D eigenvalue weighted by Gasteiger charge is 2.77. The van der Waals surface area contributed by atoms with Gasteiger partial charge in [-0.15, -0.1) is 0 Å². The summed E-state index contributed by atoms with van der Waals surface area (Å²) in [4.78, 5) is 38.3. The Labute approximate surface area is 149 Å². The molecular formula is C21H27NO3. The van der Waals surface area contributed by atoms with Gasteiger partial charge in [-0.25, -0.2) is 0 Å². The Balaban J connectivity index is 1.84. The largest absolute Gasteiger partial charge is 0.325 e. The van der Waals surface area contributed by atoms with Crippen LogP contribution in [0.25, 0.3) is 0 Å². The number of anilines is 1. The van der Waals surface area contributed by atoms with Crippen LogP contribution in [0, 0.1) is 16.2 Å². The van der Waals surface area contributed by atoms with Crippen molar-refractivity contribution in [1.82, 2.24) is 0 Å². The van der Waals surface area contributed by atoms with Crippen molar-refractivity contribution in [3.8, 4) is 0 Å². The minimum absolute atomic E-state index is 0.335. The normalized spacial score (nSPS) is 29.9. The van der Waals surface area contributed by atoms with Gasteiger partial charge >= 0.3 is 0 Å². The Hall–Kier alpha value is -1.97. The third-order valence-electron chi connectivity index (χ3n) is 6.96. The molecule has 0 aliphatic heterocycles. The minimum Gasteiger partial charge on any atom is -0.325 e. The molecule has 4 nitrogen and oxygen atoms in total. The lowest BCUT2D eigenvalue weighted by Crippen LogP contribution is -2.47. The van der Waals surface area contributed by atoms with E-state index in [1.165, 1.54) is 5.56 Å². The summed E-state index contributed by atoms with van der Waals surface area (Å²) in [5.41, 5.74) is -0.722. The van der Waals surface area contributed by atoms with Crippen LogP contribution in [0.1, 0.15) is 58.9 Å². The Morgan fingerprint density at radius 3 is 2.20 bits per heavy atom. The van der Waals surface area contributed by atoms with Gasteiger partial charge in [0.25, 0.3) is 0 Å².